The van der Waals surface area contributed by atoms with Gasteiger partial charge >= 0.3 is 0 Å². The highest BCUT2D eigenvalue weighted by Crippen LogP contribution is 2.20. The Balaban J connectivity index is 3.01. The van der Waals surface area contributed by atoms with Crippen molar-refractivity contribution < 1.29 is 13.6 Å². The number of hydrogen-bond donors (Lipinski definition) is 1. The van der Waals surface area contributed by atoms with E-state index in [1.807, 2.05) is 20.8 Å². The first kappa shape index (κ1) is 14.4. The number of nitrogens with zero attached hydrogens (tertiary/aromatic N) is 1. The number of rotatable bonds is 2. The SMILES string of the molecule is CN(CC(C)(C)C)C(=O)c1cc(N)c(F)cc1F. The van der Waals surface area contributed by atoms with E-state index >= 15 is 0 Å². The lowest BCUT2D eigenvalue weighted by atomic mass is 9.96. The van der Waals surface area contributed by atoms with Crippen LogP contribution in [0.3, 0.4) is 0 Å². The first-order chi connectivity index (χ1) is 8.11. The average molecular weight is 256 g/mol. The Morgan fingerprint density at radius 1 is 1.28 bits per heavy atom. The molecule has 0 aliphatic carbocycles. The van der Waals surface area contributed by atoms with Crippen molar-refractivity contribution in [3.63, 3.8) is 0 Å². The lowest BCUT2D eigenvalue weighted by Gasteiger charge is -2.26. The second-order valence-corrected chi connectivity index (χ2v) is 5.58. The zero-order chi connectivity index (χ0) is 14.1. The van der Waals surface area contributed by atoms with E-state index in [1.54, 1.807) is 7.05 Å². The molecular formula is C13H18F2N2O. The molecule has 1 amide bonds. The van der Waals surface area contributed by atoms with Crippen LogP contribution in [0.15, 0.2) is 12.1 Å². The minimum atomic E-state index is -0.896. The molecule has 3 nitrogen and oxygen atoms in total. The van der Waals surface area contributed by atoms with Crippen LogP contribution in [-0.4, -0.2) is 24.4 Å². The summed E-state index contributed by atoms with van der Waals surface area (Å²) < 4.78 is 26.5. The van der Waals surface area contributed by atoms with Crippen LogP contribution in [0, 0.1) is 17.0 Å². The molecule has 0 saturated heterocycles. The maximum atomic E-state index is 13.5. The minimum absolute atomic E-state index is 0.105. The summed E-state index contributed by atoms with van der Waals surface area (Å²) in [6.45, 7) is 6.35. The fourth-order valence-corrected chi connectivity index (χ4v) is 1.72. The van der Waals surface area contributed by atoms with Gasteiger partial charge in [-0.05, 0) is 11.5 Å². The van der Waals surface area contributed by atoms with E-state index in [0.29, 0.717) is 12.6 Å². The monoisotopic (exact) mass is 256 g/mol. The average Bonchev–Trinajstić information content (AvgIpc) is 2.20. The maximum absolute atomic E-state index is 13.5. The Hall–Kier alpha value is -1.65. The summed E-state index contributed by atoms with van der Waals surface area (Å²) in [6, 6.07) is 1.67. The van der Waals surface area contributed by atoms with Crippen molar-refractivity contribution in [1.82, 2.24) is 4.90 Å². The van der Waals surface area contributed by atoms with E-state index in [1.165, 1.54) is 4.90 Å². The quantitative estimate of drug-likeness (QED) is 0.827. The molecule has 1 aromatic rings. The molecule has 0 radical (unpaired) electrons. The molecule has 2 N–H and O–H groups in total. The van der Waals surface area contributed by atoms with Gasteiger partial charge in [0, 0.05) is 19.7 Å². The van der Waals surface area contributed by atoms with Crippen LogP contribution >= 0.6 is 0 Å². The van der Waals surface area contributed by atoms with Gasteiger partial charge < -0.3 is 10.6 Å². The number of nitrogens with two attached hydrogens (primary N) is 1. The topological polar surface area (TPSA) is 46.3 Å². The van der Waals surface area contributed by atoms with Crippen molar-refractivity contribution in [2.24, 2.45) is 5.41 Å². The lowest BCUT2D eigenvalue weighted by molar-refractivity contribution is 0.0741. The van der Waals surface area contributed by atoms with Crippen molar-refractivity contribution >= 4 is 11.6 Å². The van der Waals surface area contributed by atoms with E-state index in [2.05, 4.69) is 0 Å². The predicted molar refractivity (Wildman–Crippen MR) is 67.2 cm³/mol. The largest absolute Gasteiger partial charge is 0.396 e. The second kappa shape index (κ2) is 4.92. The van der Waals surface area contributed by atoms with E-state index in [9.17, 15) is 13.6 Å². The molecule has 0 atom stereocenters. The van der Waals surface area contributed by atoms with Gasteiger partial charge in [-0.1, -0.05) is 20.8 Å². The van der Waals surface area contributed by atoms with E-state index in [-0.39, 0.29) is 16.7 Å². The summed E-state index contributed by atoms with van der Waals surface area (Å²) in [5.74, 6) is -2.26. The Kier molecular flexibility index (Phi) is 3.94. The van der Waals surface area contributed by atoms with Crippen LogP contribution in [0.4, 0.5) is 14.5 Å². The summed E-state index contributed by atoms with van der Waals surface area (Å²) in [6.07, 6.45) is 0. The highest BCUT2D eigenvalue weighted by Gasteiger charge is 2.22. The Morgan fingerprint density at radius 2 is 1.83 bits per heavy atom. The summed E-state index contributed by atoms with van der Waals surface area (Å²) in [7, 11) is 1.58. The minimum Gasteiger partial charge on any atom is -0.396 e. The second-order valence-electron chi connectivity index (χ2n) is 5.58. The summed E-state index contributed by atoms with van der Waals surface area (Å²) in [5, 5.41) is 0. The molecule has 0 aliphatic rings. The number of benzene rings is 1. The lowest BCUT2D eigenvalue weighted by Crippen LogP contribution is -2.35. The Bertz CT molecular complexity index is 467. The Labute approximate surface area is 106 Å². The van der Waals surface area contributed by atoms with Crippen molar-refractivity contribution in [1.29, 1.82) is 0 Å². The van der Waals surface area contributed by atoms with Crippen LogP contribution < -0.4 is 5.73 Å². The van der Waals surface area contributed by atoms with Crippen molar-refractivity contribution in [3.05, 3.63) is 29.3 Å². The first-order valence-corrected chi connectivity index (χ1v) is 5.62. The first-order valence-electron chi connectivity index (χ1n) is 5.62. The van der Waals surface area contributed by atoms with Crippen LogP contribution in [-0.2, 0) is 0 Å². The molecule has 0 heterocycles. The van der Waals surface area contributed by atoms with Gasteiger partial charge in [-0.3, -0.25) is 4.79 Å². The number of anilines is 1. The fourth-order valence-electron chi connectivity index (χ4n) is 1.72. The summed E-state index contributed by atoms with van der Waals surface area (Å²) in [4.78, 5) is 13.4. The fraction of sp³-hybridized carbons (Fsp3) is 0.462. The molecule has 1 rings (SSSR count). The number of hydrogen-bond acceptors (Lipinski definition) is 2. The normalized spacial score (nSPS) is 11.4. The van der Waals surface area contributed by atoms with E-state index < -0.39 is 17.5 Å². The molecule has 1 aromatic carbocycles. The zero-order valence-corrected chi connectivity index (χ0v) is 11.1. The third-order valence-corrected chi connectivity index (χ3v) is 2.37. The van der Waals surface area contributed by atoms with Crippen LogP contribution in [0.1, 0.15) is 31.1 Å². The summed E-state index contributed by atoms with van der Waals surface area (Å²) in [5.41, 5.74) is 4.80. The maximum Gasteiger partial charge on any atom is 0.256 e. The number of amides is 1. The molecular weight excluding hydrogens is 238 g/mol. The van der Waals surface area contributed by atoms with Gasteiger partial charge in [0.2, 0.25) is 0 Å². The van der Waals surface area contributed by atoms with Crippen LogP contribution in [0.25, 0.3) is 0 Å². The van der Waals surface area contributed by atoms with E-state index in [4.69, 9.17) is 5.73 Å². The van der Waals surface area contributed by atoms with Crippen molar-refractivity contribution in [2.75, 3.05) is 19.3 Å². The molecule has 5 heteroatoms. The third-order valence-electron chi connectivity index (χ3n) is 2.37. The molecule has 18 heavy (non-hydrogen) atoms. The summed E-state index contributed by atoms with van der Waals surface area (Å²) >= 11 is 0. The van der Waals surface area contributed by atoms with Gasteiger partial charge in [0.05, 0.1) is 11.3 Å². The zero-order valence-electron chi connectivity index (χ0n) is 11.1. The standard InChI is InChI=1S/C13H18F2N2O/c1-13(2,3)7-17(4)12(18)8-5-11(16)10(15)6-9(8)14/h5-6H,7,16H2,1-4H3. The number of nitrogen functional groups attached to an aromatic ring is 1. The van der Waals surface area contributed by atoms with Gasteiger partial charge in [-0.2, -0.15) is 0 Å². The number of carbonyl (C=O) groups excluding carboxylic acids is 1. The molecule has 0 saturated carbocycles. The van der Waals surface area contributed by atoms with Gasteiger partial charge in [0.15, 0.2) is 0 Å². The van der Waals surface area contributed by atoms with Crippen LogP contribution in [0.2, 0.25) is 0 Å². The molecule has 0 bridgehead atoms. The molecule has 0 aliphatic heterocycles. The Morgan fingerprint density at radius 3 is 2.33 bits per heavy atom. The molecule has 0 fully saturated rings. The van der Waals surface area contributed by atoms with E-state index in [0.717, 1.165) is 6.07 Å². The van der Waals surface area contributed by atoms with Crippen LogP contribution in [0.5, 0.6) is 0 Å². The number of carbonyl (C=O) groups is 1. The van der Waals surface area contributed by atoms with Crippen molar-refractivity contribution in [3.8, 4) is 0 Å². The van der Waals surface area contributed by atoms with Gasteiger partial charge in [-0.25, -0.2) is 8.78 Å². The smallest absolute Gasteiger partial charge is 0.256 e. The highest BCUT2D eigenvalue weighted by atomic mass is 19.1. The molecule has 0 unspecified atom stereocenters. The molecule has 0 spiro atoms. The molecule has 0 aromatic heterocycles. The number of halogens is 2. The highest BCUT2D eigenvalue weighted by molar-refractivity contribution is 5.95. The molecule has 100 valence electrons. The van der Waals surface area contributed by atoms with Gasteiger partial charge in [-0.15, -0.1) is 0 Å². The predicted octanol–water partition coefficient (Wildman–Crippen LogP) is 2.67. The third kappa shape index (κ3) is 3.42. The van der Waals surface area contributed by atoms with Gasteiger partial charge in [0.1, 0.15) is 11.6 Å². The van der Waals surface area contributed by atoms with Crippen molar-refractivity contribution in [2.45, 2.75) is 20.8 Å². The van der Waals surface area contributed by atoms with Gasteiger partial charge in [0.25, 0.3) is 5.91 Å².